The van der Waals surface area contributed by atoms with Gasteiger partial charge in [-0.1, -0.05) is 0 Å². The Balaban J connectivity index is 1.65. The first-order chi connectivity index (χ1) is 7.86. The van der Waals surface area contributed by atoms with Crippen LogP contribution in [-0.2, 0) is 14.3 Å². The maximum atomic E-state index is 11.8. The fourth-order valence-corrected chi connectivity index (χ4v) is 2.09. The molecule has 5 nitrogen and oxygen atoms in total. The minimum absolute atomic E-state index is 0.0225. The molecule has 1 amide bonds. The lowest BCUT2D eigenvalue weighted by atomic mass is 9.99. The molecule has 2 aliphatic heterocycles. The smallest absolute Gasteiger partial charge is 0.224 e. The van der Waals surface area contributed by atoms with Gasteiger partial charge in [-0.25, -0.2) is 0 Å². The van der Waals surface area contributed by atoms with Crippen LogP contribution in [0.15, 0.2) is 0 Å². The van der Waals surface area contributed by atoms with Crippen molar-refractivity contribution in [1.29, 1.82) is 0 Å². The summed E-state index contributed by atoms with van der Waals surface area (Å²) in [6, 6.07) is 0. The summed E-state index contributed by atoms with van der Waals surface area (Å²) >= 11 is 0. The Kier molecular flexibility index (Phi) is 4.56. The lowest BCUT2D eigenvalue weighted by molar-refractivity contribution is -0.128. The minimum atomic E-state index is 0.0225. The number of carbonyl (C=O) groups is 1. The highest BCUT2D eigenvalue weighted by molar-refractivity contribution is 5.78. The van der Waals surface area contributed by atoms with E-state index in [0.717, 1.165) is 25.9 Å². The third-order valence-corrected chi connectivity index (χ3v) is 3.06. The molecular formula is C11H20N2O3. The quantitative estimate of drug-likeness (QED) is 0.685. The van der Waals surface area contributed by atoms with E-state index in [9.17, 15) is 4.79 Å². The first-order valence-electron chi connectivity index (χ1n) is 6.04. The summed E-state index contributed by atoms with van der Waals surface area (Å²) < 4.78 is 10.7. The first kappa shape index (κ1) is 11.8. The average Bonchev–Trinajstić information content (AvgIpc) is 2.38. The van der Waals surface area contributed by atoms with E-state index in [0.29, 0.717) is 26.4 Å². The van der Waals surface area contributed by atoms with Gasteiger partial charge in [-0.3, -0.25) is 4.79 Å². The number of carbonyl (C=O) groups excluding carboxylic acids is 1. The molecule has 5 heteroatoms. The highest BCUT2D eigenvalue weighted by atomic mass is 16.6. The Morgan fingerprint density at radius 3 is 3.06 bits per heavy atom. The maximum Gasteiger partial charge on any atom is 0.224 e. The van der Waals surface area contributed by atoms with E-state index in [1.165, 1.54) is 0 Å². The SMILES string of the molecule is O=C(NCC1COCCO1)[C@H]1CCCNC1. The number of rotatable bonds is 3. The molecule has 0 aromatic heterocycles. The highest BCUT2D eigenvalue weighted by Crippen LogP contribution is 2.09. The zero-order valence-corrected chi connectivity index (χ0v) is 9.54. The molecule has 2 saturated heterocycles. The second-order valence-electron chi connectivity index (χ2n) is 4.36. The molecule has 0 aliphatic carbocycles. The van der Waals surface area contributed by atoms with Gasteiger partial charge in [0.2, 0.25) is 5.91 Å². The predicted octanol–water partition coefficient (Wildman–Crippen LogP) is -0.482. The largest absolute Gasteiger partial charge is 0.376 e. The van der Waals surface area contributed by atoms with Crippen molar-refractivity contribution in [2.45, 2.75) is 18.9 Å². The first-order valence-corrected chi connectivity index (χ1v) is 6.04. The molecular weight excluding hydrogens is 208 g/mol. The molecule has 0 aromatic rings. The number of hydrogen-bond donors (Lipinski definition) is 2. The normalized spacial score (nSPS) is 31.0. The standard InChI is InChI=1S/C11H20N2O3/c14-11(9-2-1-3-12-6-9)13-7-10-8-15-4-5-16-10/h9-10,12H,1-8H2,(H,13,14)/t9-,10?/m0/s1. The molecule has 2 rings (SSSR count). The van der Waals surface area contributed by atoms with Gasteiger partial charge in [0.05, 0.1) is 31.8 Å². The molecule has 0 bridgehead atoms. The molecule has 2 heterocycles. The number of hydrogen-bond acceptors (Lipinski definition) is 4. The van der Waals surface area contributed by atoms with Gasteiger partial charge in [-0.05, 0) is 19.4 Å². The van der Waals surface area contributed by atoms with Crippen LogP contribution in [0, 0.1) is 5.92 Å². The van der Waals surface area contributed by atoms with E-state index in [2.05, 4.69) is 10.6 Å². The highest BCUT2D eigenvalue weighted by Gasteiger charge is 2.22. The van der Waals surface area contributed by atoms with Gasteiger partial charge >= 0.3 is 0 Å². The topological polar surface area (TPSA) is 59.6 Å². The predicted molar refractivity (Wildman–Crippen MR) is 59.2 cm³/mol. The molecule has 0 radical (unpaired) electrons. The molecule has 2 N–H and O–H groups in total. The van der Waals surface area contributed by atoms with Crippen molar-refractivity contribution in [2.75, 3.05) is 39.5 Å². The summed E-state index contributed by atoms with van der Waals surface area (Å²) in [6.07, 6.45) is 2.09. The van der Waals surface area contributed by atoms with Crippen LogP contribution in [0.2, 0.25) is 0 Å². The van der Waals surface area contributed by atoms with Crippen LogP contribution >= 0.6 is 0 Å². The average molecular weight is 228 g/mol. The summed E-state index contributed by atoms with van der Waals surface area (Å²) in [5.74, 6) is 0.264. The van der Waals surface area contributed by atoms with Gasteiger partial charge in [0, 0.05) is 13.1 Å². The third kappa shape index (κ3) is 3.43. The van der Waals surface area contributed by atoms with Crippen molar-refractivity contribution < 1.29 is 14.3 Å². The van der Waals surface area contributed by atoms with Crippen molar-refractivity contribution in [3.8, 4) is 0 Å². The molecule has 92 valence electrons. The van der Waals surface area contributed by atoms with Crippen LogP contribution in [0.4, 0.5) is 0 Å². The third-order valence-electron chi connectivity index (χ3n) is 3.06. The Morgan fingerprint density at radius 2 is 2.38 bits per heavy atom. The minimum Gasteiger partial charge on any atom is -0.376 e. The Morgan fingerprint density at radius 1 is 1.44 bits per heavy atom. The van der Waals surface area contributed by atoms with Gasteiger partial charge in [0.1, 0.15) is 0 Å². The molecule has 1 unspecified atom stereocenters. The maximum absolute atomic E-state index is 11.8. The number of piperidine rings is 1. The van der Waals surface area contributed by atoms with Crippen molar-refractivity contribution in [1.82, 2.24) is 10.6 Å². The van der Waals surface area contributed by atoms with Crippen LogP contribution in [0.5, 0.6) is 0 Å². The zero-order valence-electron chi connectivity index (χ0n) is 9.54. The molecule has 0 spiro atoms. The van der Waals surface area contributed by atoms with Crippen LogP contribution in [0.3, 0.4) is 0 Å². The van der Waals surface area contributed by atoms with Gasteiger partial charge in [0.25, 0.3) is 0 Å². The lowest BCUT2D eigenvalue weighted by Crippen LogP contribution is -2.45. The van der Waals surface area contributed by atoms with Gasteiger partial charge in [-0.15, -0.1) is 0 Å². The summed E-state index contributed by atoms with van der Waals surface area (Å²) in [6.45, 7) is 4.28. The van der Waals surface area contributed by atoms with Crippen molar-refractivity contribution >= 4 is 5.91 Å². The van der Waals surface area contributed by atoms with Crippen LogP contribution in [0.25, 0.3) is 0 Å². The van der Waals surface area contributed by atoms with Gasteiger partial charge < -0.3 is 20.1 Å². The fourth-order valence-electron chi connectivity index (χ4n) is 2.09. The Labute approximate surface area is 95.9 Å². The van der Waals surface area contributed by atoms with E-state index in [4.69, 9.17) is 9.47 Å². The molecule has 2 aliphatic rings. The van der Waals surface area contributed by atoms with E-state index in [-0.39, 0.29) is 17.9 Å². The molecule has 2 atom stereocenters. The summed E-state index contributed by atoms with van der Waals surface area (Å²) in [4.78, 5) is 11.8. The summed E-state index contributed by atoms with van der Waals surface area (Å²) in [7, 11) is 0. The summed E-state index contributed by atoms with van der Waals surface area (Å²) in [5, 5.41) is 6.18. The van der Waals surface area contributed by atoms with Gasteiger partial charge in [0.15, 0.2) is 0 Å². The zero-order chi connectivity index (χ0) is 11.2. The number of nitrogens with one attached hydrogen (secondary N) is 2. The lowest BCUT2D eigenvalue weighted by Gasteiger charge is -2.25. The molecule has 16 heavy (non-hydrogen) atoms. The number of ether oxygens (including phenoxy) is 2. The summed E-state index contributed by atoms with van der Waals surface area (Å²) in [5.41, 5.74) is 0. The van der Waals surface area contributed by atoms with Crippen molar-refractivity contribution in [3.05, 3.63) is 0 Å². The monoisotopic (exact) mass is 228 g/mol. The van der Waals surface area contributed by atoms with Crippen molar-refractivity contribution in [2.24, 2.45) is 5.92 Å². The second-order valence-corrected chi connectivity index (χ2v) is 4.36. The van der Waals surface area contributed by atoms with E-state index >= 15 is 0 Å². The molecule has 0 aromatic carbocycles. The Hall–Kier alpha value is -0.650. The van der Waals surface area contributed by atoms with Crippen LogP contribution < -0.4 is 10.6 Å². The van der Waals surface area contributed by atoms with E-state index in [1.54, 1.807) is 0 Å². The van der Waals surface area contributed by atoms with Crippen LogP contribution in [0.1, 0.15) is 12.8 Å². The van der Waals surface area contributed by atoms with Crippen LogP contribution in [-0.4, -0.2) is 51.5 Å². The fraction of sp³-hybridized carbons (Fsp3) is 0.909. The van der Waals surface area contributed by atoms with Crippen molar-refractivity contribution in [3.63, 3.8) is 0 Å². The second kappa shape index (κ2) is 6.18. The Bertz CT molecular complexity index is 223. The molecule has 0 saturated carbocycles. The molecule has 2 fully saturated rings. The number of amides is 1. The van der Waals surface area contributed by atoms with E-state index < -0.39 is 0 Å². The van der Waals surface area contributed by atoms with Gasteiger partial charge in [-0.2, -0.15) is 0 Å². The van der Waals surface area contributed by atoms with E-state index in [1.807, 2.05) is 0 Å².